The number of thiazole rings is 1. The molecule has 8 nitrogen and oxygen atoms in total. The summed E-state index contributed by atoms with van der Waals surface area (Å²) in [6.45, 7) is 7.24. The molecule has 0 saturated carbocycles. The average Bonchev–Trinajstić information content (AvgIpc) is 3.17. The van der Waals surface area contributed by atoms with Crippen molar-refractivity contribution in [1.82, 2.24) is 25.1 Å². The van der Waals surface area contributed by atoms with Gasteiger partial charge in [-0.1, -0.05) is 0 Å². The monoisotopic (exact) mass is 385 g/mol. The van der Waals surface area contributed by atoms with Crippen molar-refractivity contribution < 1.29 is 14.7 Å². The first-order valence-corrected chi connectivity index (χ1v) is 9.09. The maximum Gasteiger partial charge on any atom is 0.347 e. The molecular formula is C18H19N5O3S. The number of nitrogens with one attached hydrogen (secondary N) is 1. The molecule has 3 rings (SSSR count). The minimum atomic E-state index is -1.02. The van der Waals surface area contributed by atoms with Crippen LogP contribution in [0.2, 0.25) is 0 Å². The highest BCUT2D eigenvalue weighted by molar-refractivity contribution is 7.13. The Labute approximate surface area is 159 Å². The third-order valence-corrected chi connectivity index (χ3v) is 5.29. The second-order valence-corrected chi connectivity index (χ2v) is 7.24. The summed E-state index contributed by atoms with van der Waals surface area (Å²) in [5.41, 5.74) is 2.70. The molecule has 0 aromatic carbocycles. The van der Waals surface area contributed by atoms with E-state index >= 15 is 0 Å². The average molecular weight is 385 g/mol. The van der Waals surface area contributed by atoms with Gasteiger partial charge in [0.15, 0.2) is 5.82 Å². The lowest BCUT2D eigenvalue weighted by Gasteiger charge is -2.11. The molecule has 1 unspecified atom stereocenters. The fourth-order valence-corrected chi connectivity index (χ4v) is 3.56. The van der Waals surface area contributed by atoms with E-state index in [1.54, 1.807) is 30.7 Å². The molecule has 9 heteroatoms. The van der Waals surface area contributed by atoms with Crippen LogP contribution in [0.25, 0.3) is 5.82 Å². The first kappa shape index (κ1) is 18.7. The molecule has 1 atom stereocenters. The first-order chi connectivity index (χ1) is 12.8. The molecule has 27 heavy (non-hydrogen) atoms. The maximum absolute atomic E-state index is 12.5. The van der Waals surface area contributed by atoms with Crippen molar-refractivity contribution in [2.45, 2.75) is 33.7 Å². The fraction of sp³-hybridized carbons (Fsp3) is 0.278. The Morgan fingerprint density at radius 2 is 2.00 bits per heavy atom. The van der Waals surface area contributed by atoms with E-state index in [4.69, 9.17) is 5.11 Å². The van der Waals surface area contributed by atoms with Gasteiger partial charge in [-0.3, -0.25) is 4.79 Å². The van der Waals surface area contributed by atoms with Crippen LogP contribution in [0.4, 0.5) is 0 Å². The standard InChI is InChI=1S/C18H19N5O3S/c1-9-7-10(2)23(22-9)14-6-5-13(8-19-14)16(24)20-12(4)17-21-11(3)15(27-17)18(25)26/h5-8,12H,1-4H3,(H,20,24)(H,25,26). The Morgan fingerprint density at radius 3 is 2.52 bits per heavy atom. The number of carbonyl (C=O) groups excluding carboxylic acids is 1. The molecule has 0 bridgehead atoms. The van der Waals surface area contributed by atoms with Gasteiger partial charge in [0.1, 0.15) is 9.88 Å². The van der Waals surface area contributed by atoms with Crippen LogP contribution in [0, 0.1) is 20.8 Å². The second kappa shape index (κ2) is 7.28. The Kier molecular flexibility index (Phi) is 5.04. The minimum absolute atomic E-state index is 0.182. The van der Waals surface area contributed by atoms with Crippen molar-refractivity contribution in [3.8, 4) is 5.82 Å². The molecule has 2 N–H and O–H groups in total. The third kappa shape index (κ3) is 3.87. The Balaban J connectivity index is 1.73. The van der Waals surface area contributed by atoms with E-state index in [0.717, 1.165) is 22.7 Å². The third-order valence-electron chi connectivity index (χ3n) is 3.96. The summed E-state index contributed by atoms with van der Waals surface area (Å²) in [6.07, 6.45) is 1.49. The molecule has 0 aliphatic rings. The Bertz CT molecular complexity index is 1010. The summed E-state index contributed by atoms with van der Waals surface area (Å²) in [6, 6.07) is 4.95. The van der Waals surface area contributed by atoms with E-state index in [2.05, 4.69) is 20.4 Å². The molecule has 3 aromatic rings. The van der Waals surface area contributed by atoms with Crippen LogP contribution in [-0.4, -0.2) is 36.7 Å². The number of amides is 1. The molecule has 1 amide bonds. The van der Waals surface area contributed by atoms with Gasteiger partial charge in [0.25, 0.3) is 5.91 Å². The molecule has 3 heterocycles. The van der Waals surface area contributed by atoms with E-state index < -0.39 is 12.0 Å². The second-order valence-electron chi connectivity index (χ2n) is 6.21. The summed E-state index contributed by atoms with van der Waals surface area (Å²) < 4.78 is 1.71. The zero-order valence-corrected chi connectivity index (χ0v) is 16.2. The van der Waals surface area contributed by atoms with Crippen LogP contribution in [-0.2, 0) is 0 Å². The molecule has 140 valence electrons. The predicted molar refractivity (Wildman–Crippen MR) is 101 cm³/mol. The van der Waals surface area contributed by atoms with Crippen LogP contribution in [0.1, 0.15) is 55.1 Å². The smallest absolute Gasteiger partial charge is 0.347 e. The number of rotatable bonds is 5. The summed E-state index contributed by atoms with van der Waals surface area (Å²) in [5.74, 6) is -0.690. The summed E-state index contributed by atoms with van der Waals surface area (Å²) in [7, 11) is 0. The molecule has 0 aliphatic carbocycles. The van der Waals surface area contributed by atoms with E-state index in [-0.39, 0.29) is 10.8 Å². The molecular weight excluding hydrogens is 366 g/mol. The quantitative estimate of drug-likeness (QED) is 0.699. The fourth-order valence-electron chi connectivity index (χ4n) is 2.65. The Hall–Kier alpha value is -3.07. The predicted octanol–water partition coefficient (Wildman–Crippen LogP) is 2.84. The number of hydrogen-bond donors (Lipinski definition) is 2. The highest BCUT2D eigenvalue weighted by atomic mass is 32.1. The first-order valence-electron chi connectivity index (χ1n) is 8.27. The molecule has 0 fully saturated rings. The number of carboxylic acid groups (broad SMARTS) is 1. The van der Waals surface area contributed by atoms with Crippen LogP contribution in [0.5, 0.6) is 0 Å². The van der Waals surface area contributed by atoms with Crippen LogP contribution < -0.4 is 5.32 Å². The van der Waals surface area contributed by atoms with E-state index in [1.165, 1.54) is 6.20 Å². The van der Waals surface area contributed by atoms with Crippen molar-refractivity contribution in [1.29, 1.82) is 0 Å². The number of carboxylic acids is 1. The number of hydrogen-bond acceptors (Lipinski definition) is 6. The van der Waals surface area contributed by atoms with Crippen molar-refractivity contribution in [3.63, 3.8) is 0 Å². The van der Waals surface area contributed by atoms with Gasteiger partial charge in [0.2, 0.25) is 0 Å². The zero-order chi connectivity index (χ0) is 19.7. The van der Waals surface area contributed by atoms with Crippen LogP contribution in [0.3, 0.4) is 0 Å². The lowest BCUT2D eigenvalue weighted by Crippen LogP contribution is -2.26. The largest absolute Gasteiger partial charge is 0.477 e. The van der Waals surface area contributed by atoms with Gasteiger partial charge in [0.05, 0.1) is 23.0 Å². The number of carbonyl (C=O) groups is 2. The van der Waals surface area contributed by atoms with Crippen LogP contribution >= 0.6 is 11.3 Å². The van der Waals surface area contributed by atoms with Crippen molar-refractivity contribution in [2.24, 2.45) is 0 Å². The topological polar surface area (TPSA) is 110 Å². The van der Waals surface area contributed by atoms with Gasteiger partial charge >= 0.3 is 5.97 Å². The van der Waals surface area contributed by atoms with Crippen molar-refractivity contribution in [3.05, 3.63) is 56.9 Å². The van der Waals surface area contributed by atoms with Gasteiger partial charge in [-0.2, -0.15) is 5.10 Å². The van der Waals surface area contributed by atoms with E-state index in [1.807, 2.05) is 19.9 Å². The summed E-state index contributed by atoms with van der Waals surface area (Å²) in [5, 5.41) is 16.9. The molecule has 3 aromatic heterocycles. The lowest BCUT2D eigenvalue weighted by molar-refractivity contribution is 0.0701. The Morgan fingerprint density at radius 1 is 1.26 bits per heavy atom. The molecule has 0 spiro atoms. The van der Waals surface area contributed by atoms with Gasteiger partial charge in [-0.05, 0) is 45.9 Å². The SMILES string of the molecule is Cc1cc(C)n(-c2ccc(C(=O)NC(C)c3nc(C)c(C(=O)O)s3)cn2)n1. The number of aromatic carboxylic acids is 1. The highest BCUT2D eigenvalue weighted by Gasteiger charge is 2.20. The van der Waals surface area contributed by atoms with E-state index in [9.17, 15) is 9.59 Å². The van der Waals surface area contributed by atoms with Gasteiger partial charge in [0, 0.05) is 11.9 Å². The van der Waals surface area contributed by atoms with Gasteiger partial charge in [-0.15, -0.1) is 11.3 Å². The minimum Gasteiger partial charge on any atom is -0.477 e. The molecule has 0 saturated heterocycles. The zero-order valence-electron chi connectivity index (χ0n) is 15.3. The van der Waals surface area contributed by atoms with Crippen LogP contribution in [0.15, 0.2) is 24.4 Å². The van der Waals surface area contributed by atoms with Gasteiger partial charge < -0.3 is 10.4 Å². The number of pyridine rings is 1. The normalized spacial score (nSPS) is 12.0. The molecule has 0 aliphatic heterocycles. The van der Waals surface area contributed by atoms with E-state index in [0.29, 0.717) is 22.1 Å². The summed E-state index contributed by atoms with van der Waals surface area (Å²) in [4.78, 5) is 32.3. The van der Waals surface area contributed by atoms with Gasteiger partial charge in [-0.25, -0.2) is 19.4 Å². The highest BCUT2D eigenvalue weighted by Crippen LogP contribution is 2.23. The van der Waals surface area contributed by atoms with Crippen molar-refractivity contribution in [2.75, 3.05) is 0 Å². The summed E-state index contributed by atoms with van der Waals surface area (Å²) >= 11 is 1.06. The van der Waals surface area contributed by atoms with Crippen molar-refractivity contribution >= 4 is 23.2 Å². The lowest BCUT2D eigenvalue weighted by atomic mass is 10.2. The number of aryl methyl sites for hydroxylation is 3. The molecule has 0 radical (unpaired) electrons. The number of aromatic nitrogens is 4. The maximum atomic E-state index is 12.5. The number of nitrogens with zero attached hydrogens (tertiary/aromatic N) is 4.